The van der Waals surface area contributed by atoms with Crippen LogP contribution in [-0.2, 0) is 14.6 Å². The van der Waals surface area contributed by atoms with E-state index in [1.807, 2.05) is 12.1 Å². The maximum atomic E-state index is 12.4. The normalized spacial score (nSPS) is 17.8. The monoisotopic (exact) mass is 339 g/mol. The second-order valence-electron chi connectivity index (χ2n) is 6.37. The van der Waals surface area contributed by atoms with Gasteiger partial charge in [-0.25, -0.2) is 8.42 Å². The molecule has 1 amide bonds. The van der Waals surface area contributed by atoms with E-state index in [1.54, 1.807) is 18.9 Å². The molecule has 23 heavy (non-hydrogen) atoms. The molecule has 1 atom stereocenters. The van der Waals surface area contributed by atoms with Crippen LogP contribution in [0.15, 0.2) is 24.3 Å². The second-order valence-corrected chi connectivity index (χ2v) is 8.55. The molecular weight excluding hydrogens is 314 g/mol. The molecule has 5 nitrogen and oxygen atoms in total. The molecule has 1 aliphatic rings. The molecule has 1 aliphatic heterocycles. The molecule has 1 heterocycles. The first-order valence-electron chi connectivity index (χ1n) is 7.90. The summed E-state index contributed by atoms with van der Waals surface area (Å²) < 4.78 is 27.9. The molecular formula is C17H25NO4S. The first-order chi connectivity index (χ1) is 10.8. The number of nitrogens with zero attached hydrogens (tertiary/aromatic N) is 1. The third-order valence-electron chi connectivity index (χ3n) is 4.35. The van der Waals surface area contributed by atoms with Crippen molar-refractivity contribution in [2.45, 2.75) is 25.7 Å². The number of piperidine rings is 1. The fourth-order valence-corrected chi connectivity index (χ4v) is 4.22. The van der Waals surface area contributed by atoms with Crippen LogP contribution in [0.5, 0.6) is 5.75 Å². The number of hydrogen-bond acceptors (Lipinski definition) is 4. The van der Waals surface area contributed by atoms with E-state index in [0.717, 1.165) is 18.6 Å². The zero-order chi connectivity index (χ0) is 17.0. The summed E-state index contributed by atoms with van der Waals surface area (Å²) >= 11 is 0. The van der Waals surface area contributed by atoms with Gasteiger partial charge in [0.25, 0.3) is 0 Å². The van der Waals surface area contributed by atoms with Crippen LogP contribution in [0.1, 0.15) is 31.2 Å². The van der Waals surface area contributed by atoms with Crippen LogP contribution in [-0.4, -0.2) is 51.4 Å². The van der Waals surface area contributed by atoms with E-state index in [4.69, 9.17) is 4.74 Å². The lowest BCUT2D eigenvalue weighted by Gasteiger charge is -2.33. The summed E-state index contributed by atoms with van der Waals surface area (Å²) in [5.74, 6) is 0.654. The predicted molar refractivity (Wildman–Crippen MR) is 90.4 cm³/mol. The van der Waals surface area contributed by atoms with Gasteiger partial charge in [0.2, 0.25) is 5.91 Å². The number of methoxy groups -OCH3 is 1. The summed E-state index contributed by atoms with van der Waals surface area (Å²) in [6, 6.07) is 8.06. The van der Waals surface area contributed by atoms with Gasteiger partial charge in [0.05, 0.1) is 12.9 Å². The highest BCUT2D eigenvalue weighted by Crippen LogP contribution is 2.30. The topological polar surface area (TPSA) is 63.7 Å². The summed E-state index contributed by atoms with van der Waals surface area (Å²) in [5.41, 5.74) is 1.24. The molecule has 0 aromatic heterocycles. The summed E-state index contributed by atoms with van der Waals surface area (Å²) in [7, 11) is -1.47. The fourth-order valence-electron chi connectivity index (χ4n) is 3.17. The van der Waals surface area contributed by atoms with Gasteiger partial charge in [-0.2, -0.15) is 0 Å². The van der Waals surface area contributed by atoms with Crippen LogP contribution in [0, 0.1) is 5.92 Å². The Labute approximate surface area is 138 Å². The highest BCUT2D eigenvalue weighted by atomic mass is 32.2. The Bertz CT molecular complexity index is 648. The van der Waals surface area contributed by atoms with Crippen LogP contribution in [0.2, 0.25) is 0 Å². The molecule has 0 aliphatic carbocycles. The smallest absolute Gasteiger partial charge is 0.226 e. The Kier molecular flexibility index (Phi) is 5.68. The van der Waals surface area contributed by atoms with Gasteiger partial charge in [0.15, 0.2) is 0 Å². The van der Waals surface area contributed by atoms with Crippen LogP contribution in [0.25, 0.3) is 0 Å². The standard InChI is InChI=1S/C17H25NO4S/c1-13(12-23(3,20)21)17(19)18-9-7-14(8-10-18)15-5-4-6-16(11-15)22-2/h4-6,11,13-14H,7-10,12H2,1-3H3/t13-/m1/s1. The maximum Gasteiger partial charge on any atom is 0.226 e. The molecule has 1 fully saturated rings. The summed E-state index contributed by atoms with van der Waals surface area (Å²) in [4.78, 5) is 14.2. The van der Waals surface area contributed by atoms with E-state index in [0.29, 0.717) is 19.0 Å². The Morgan fingerprint density at radius 3 is 2.57 bits per heavy atom. The largest absolute Gasteiger partial charge is 0.497 e. The van der Waals surface area contributed by atoms with Crippen molar-refractivity contribution in [3.05, 3.63) is 29.8 Å². The number of sulfone groups is 1. The summed E-state index contributed by atoms with van der Waals surface area (Å²) in [5, 5.41) is 0. The molecule has 0 radical (unpaired) electrons. The van der Waals surface area contributed by atoms with E-state index in [2.05, 4.69) is 12.1 Å². The van der Waals surface area contributed by atoms with E-state index < -0.39 is 15.8 Å². The highest BCUT2D eigenvalue weighted by molar-refractivity contribution is 7.90. The predicted octanol–water partition coefficient (Wildman–Crippen LogP) is 2.08. The number of carbonyl (C=O) groups is 1. The lowest BCUT2D eigenvalue weighted by molar-refractivity contribution is -0.135. The van der Waals surface area contributed by atoms with E-state index in [1.165, 1.54) is 11.8 Å². The maximum absolute atomic E-state index is 12.4. The molecule has 1 aromatic carbocycles. The van der Waals surface area contributed by atoms with E-state index in [9.17, 15) is 13.2 Å². The van der Waals surface area contributed by atoms with Gasteiger partial charge in [-0.15, -0.1) is 0 Å². The van der Waals surface area contributed by atoms with Crippen molar-refractivity contribution in [3.8, 4) is 5.75 Å². The van der Waals surface area contributed by atoms with Crippen molar-refractivity contribution in [3.63, 3.8) is 0 Å². The number of likely N-dealkylation sites (tertiary alicyclic amines) is 1. The Morgan fingerprint density at radius 1 is 1.35 bits per heavy atom. The van der Waals surface area contributed by atoms with Gasteiger partial charge in [-0.3, -0.25) is 4.79 Å². The van der Waals surface area contributed by atoms with Gasteiger partial charge in [0, 0.05) is 25.3 Å². The van der Waals surface area contributed by atoms with Crippen molar-refractivity contribution in [2.24, 2.45) is 5.92 Å². The number of carbonyl (C=O) groups excluding carboxylic acids is 1. The van der Waals surface area contributed by atoms with Crippen LogP contribution >= 0.6 is 0 Å². The highest BCUT2D eigenvalue weighted by Gasteiger charge is 2.28. The summed E-state index contributed by atoms with van der Waals surface area (Å²) in [6.07, 6.45) is 2.96. The lowest BCUT2D eigenvalue weighted by atomic mass is 9.89. The number of benzene rings is 1. The minimum Gasteiger partial charge on any atom is -0.497 e. The van der Waals surface area contributed by atoms with Gasteiger partial charge < -0.3 is 9.64 Å². The molecule has 128 valence electrons. The number of amides is 1. The van der Waals surface area contributed by atoms with E-state index >= 15 is 0 Å². The molecule has 0 bridgehead atoms. The zero-order valence-electron chi connectivity index (χ0n) is 14.0. The quantitative estimate of drug-likeness (QED) is 0.824. The van der Waals surface area contributed by atoms with Crippen LogP contribution in [0.3, 0.4) is 0 Å². The molecule has 2 rings (SSSR count). The molecule has 0 spiro atoms. The SMILES string of the molecule is COc1cccc(C2CCN(C(=O)[C@H](C)CS(C)(=O)=O)CC2)c1. The van der Waals surface area contributed by atoms with Gasteiger partial charge in [0.1, 0.15) is 15.6 Å². The van der Waals surface area contributed by atoms with Crippen LogP contribution in [0.4, 0.5) is 0 Å². The minimum atomic E-state index is -3.13. The average Bonchev–Trinajstić information content (AvgIpc) is 2.53. The Balaban J connectivity index is 1.94. The average molecular weight is 339 g/mol. The van der Waals surface area contributed by atoms with Gasteiger partial charge >= 0.3 is 0 Å². The molecule has 1 aromatic rings. The molecule has 1 saturated heterocycles. The Morgan fingerprint density at radius 2 is 2.00 bits per heavy atom. The third kappa shape index (κ3) is 4.96. The summed E-state index contributed by atoms with van der Waals surface area (Å²) in [6.45, 7) is 3.04. The Hall–Kier alpha value is -1.56. The lowest BCUT2D eigenvalue weighted by Crippen LogP contribution is -2.42. The second kappa shape index (κ2) is 7.34. The van der Waals surface area contributed by atoms with Crippen molar-refractivity contribution < 1.29 is 17.9 Å². The zero-order valence-corrected chi connectivity index (χ0v) is 14.8. The van der Waals surface area contributed by atoms with Gasteiger partial charge in [-0.05, 0) is 36.5 Å². The number of hydrogen-bond donors (Lipinski definition) is 0. The minimum absolute atomic E-state index is 0.0560. The molecule has 0 N–H and O–H groups in total. The van der Waals surface area contributed by atoms with E-state index in [-0.39, 0.29) is 11.7 Å². The number of rotatable bonds is 5. The first kappa shape index (κ1) is 17.8. The molecule has 0 unspecified atom stereocenters. The van der Waals surface area contributed by atoms with Crippen LogP contribution < -0.4 is 4.74 Å². The fraction of sp³-hybridized carbons (Fsp3) is 0.588. The van der Waals surface area contributed by atoms with Crippen molar-refractivity contribution in [1.29, 1.82) is 0 Å². The van der Waals surface area contributed by atoms with Crippen molar-refractivity contribution in [1.82, 2.24) is 4.90 Å². The van der Waals surface area contributed by atoms with Gasteiger partial charge in [-0.1, -0.05) is 19.1 Å². The molecule has 6 heteroatoms. The first-order valence-corrected chi connectivity index (χ1v) is 9.96. The van der Waals surface area contributed by atoms with Crippen molar-refractivity contribution >= 4 is 15.7 Å². The third-order valence-corrected chi connectivity index (χ3v) is 5.45. The number of ether oxygens (including phenoxy) is 1. The van der Waals surface area contributed by atoms with Crippen molar-refractivity contribution in [2.75, 3.05) is 32.2 Å². The molecule has 0 saturated carbocycles.